The Bertz CT molecular complexity index is 500. The summed E-state index contributed by atoms with van der Waals surface area (Å²) >= 11 is 5.13. The molecule has 0 saturated heterocycles. The van der Waals surface area contributed by atoms with E-state index in [-0.39, 0.29) is 27.4 Å². The van der Waals surface area contributed by atoms with Crippen LogP contribution < -0.4 is 0 Å². The van der Waals surface area contributed by atoms with Crippen LogP contribution in [0.15, 0.2) is 0 Å². The SMILES string of the molecule is CO.O=Cc1c(I)c(C(=O)O)c(I)c(C(=O)O)c1I. The summed E-state index contributed by atoms with van der Waals surface area (Å²) in [5.41, 5.74) is -0.196. The number of halogens is 3. The lowest BCUT2D eigenvalue weighted by molar-refractivity contribution is 0.0694. The van der Waals surface area contributed by atoms with E-state index in [4.69, 9.17) is 15.3 Å². The molecule has 0 unspecified atom stereocenters. The monoisotopic (exact) mass is 604 g/mol. The number of aliphatic hydroxyl groups is 1. The van der Waals surface area contributed by atoms with Crippen molar-refractivity contribution in [2.24, 2.45) is 0 Å². The molecule has 9 heteroatoms. The van der Waals surface area contributed by atoms with Gasteiger partial charge in [0.15, 0.2) is 6.29 Å². The maximum atomic E-state index is 11.1. The highest BCUT2D eigenvalue weighted by Crippen LogP contribution is 2.31. The van der Waals surface area contributed by atoms with Crippen molar-refractivity contribution < 1.29 is 29.7 Å². The van der Waals surface area contributed by atoms with Crippen LogP contribution in [0, 0.1) is 10.7 Å². The molecule has 0 aliphatic rings. The number of rotatable bonds is 3. The summed E-state index contributed by atoms with van der Waals surface area (Å²) in [6.45, 7) is 0. The summed E-state index contributed by atoms with van der Waals surface area (Å²) in [6, 6.07) is 0. The zero-order chi connectivity index (χ0) is 15.3. The van der Waals surface area contributed by atoms with E-state index in [1.807, 2.05) is 0 Å². The second-order valence-electron chi connectivity index (χ2n) is 2.83. The topological polar surface area (TPSA) is 112 Å². The third-order valence-corrected chi connectivity index (χ3v) is 5.22. The minimum absolute atomic E-state index is 0.0985. The third kappa shape index (κ3) is 3.98. The molecular weight excluding hydrogens is 597 g/mol. The molecule has 19 heavy (non-hydrogen) atoms. The van der Waals surface area contributed by atoms with E-state index in [1.165, 1.54) is 0 Å². The van der Waals surface area contributed by atoms with Crippen molar-refractivity contribution in [3.63, 3.8) is 0 Å². The first-order chi connectivity index (χ1) is 8.82. The molecule has 104 valence electrons. The van der Waals surface area contributed by atoms with Gasteiger partial charge in [-0.2, -0.15) is 0 Å². The van der Waals surface area contributed by atoms with Crippen molar-refractivity contribution in [2.45, 2.75) is 0 Å². The summed E-state index contributed by atoms with van der Waals surface area (Å²) in [5, 5.41) is 25.1. The highest BCUT2D eigenvalue weighted by molar-refractivity contribution is 14.1. The maximum Gasteiger partial charge on any atom is 0.337 e. The Morgan fingerprint density at radius 3 is 1.42 bits per heavy atom. The molecular formula is C10H7I3O6. The fourth-order valence-electron chi connectivity index (χ4n) is 1.16. The van der Waals surface area contributed by atoms with Crippen LogP contribution in [0.1, 0.15) is 31.1 Å². The molecule has 1 rings (SSSR count). The first kappa shape index (κ1) is 19.0. The molecule has 0 radical (unpaired) electrons. The van der Waals surface area contributed by atoms with Gasteiger partial charge in [0.2, 0.25) is 0 Å². The van der Waals surface area contributed by atoms with Crippen molar-refractivity contribution in [1.29, 1.82) is 0 Å². The Labute approximate surface area is 149 Å². The lowest BCUT2D eigenvalue weighted by Gasteiger charge is -2.11. The van der Waals surface area contributed by atoms with Gasteiger partial charge < -0.3 is 15.3 Å². The van der Waals surface area contributed by atoms with Crippen LogP contribution in [0.3, 0.4) is 0 Å². The maximum absolute atomic E-state index is 11.1. The van der Waals surface area contributed by atoms with Gasteiger partial charge in [-0.1, -0.05) is 0 Å². The van der Waals surface area contributed by atoms with Gasteiger partial charge in [-0.05, 0) is 67.8 Å². The van der Waals surface area contributed by atoms with E-state index < -0.39 is 11.9 Å². The van der Waals surface area contributed by atoms with Crippen LogP contribution in [-0.2, 0) is 0 Å². The summed E-state index contributed by atoms with van der Waals surface area (Å²) < 4.78 is 0.634. The molecule has 0 amide bonds. The number of carboxylic acids is 2. The molecule has 1 aromatic carbocycles. The number of carbonyl (C=O) groups excluding carboxylic acids is 1. The fraction of sp³-hybridized carbons (Fsp3) is 0.100. The number of aliphatic hydroxyl groups excluding tert-OH is 1. The van der Waals surface area contributed by atoms with E-state index in [1.54, 1.807) is 67.8 Å². The first-order valence-corrected chi connectivity index (χ1v) is 7.63. The molecule has 0 aromatic heterocycles. The van der Waals surface area contributed by atoms with E-state index in [0.29, 0.717) is 6.29 Å². The Morgan fingerprint density at radius 1 is 0.895 bits per heavy atom. The molecule has 0 atom stereocenters. The lowest BCUT2D eigenvalue weighted by atomic mass is 10.1. The molecule has 0 fully saturated rings. The van der Waals surface area contributed by atoms with Gasteiger partial charge in [0, 0.05) is 23.4 Å². The highest BCUT2D eigenvalue weighted by atomic mass is 127. The van der Waals surface area contributed by atoms with Crippen molar-refractivity contribution in [1.82, 2.24) is 0 Å². The quantitative estimate of drug-likeness (QED) is 0.361. The number of benzene rings is 1. The molecule has 6 nitrogen and oxygen atoms in total. The average molecular weight is 604 g/mol. The van der Waals surface area contributed by atoms with E-state index >= 15 is 0 Å². The van der Waals surface area contributed by atoms with E-state index in [9.17, 15) is 14.4 Å². The molecule has 0 aliphatic heterocycles. The standard InChI is InChI=1S/C9H3I3O5.CH4O/c10-5-2(1-13)6(11)4(9(16)17)7(12)3(5)8(14)15;1-2/h1H,(H,14,15)(H,16,17);2H,1H3. The van der Waals surface area contributed by atoms with Crippen LogP contribution >= 0.6 is 67.8 Å². The van der Waals surface area contributed by atoms with Crippen molar-refractivity contribution in [3.8, 4) is 0 Å². The summed E-state index contributed by atoms with van der Waals surface area (Å²) in [5.74, 6) is -2.50. The Balaban J connectivity index is 0.00000154. The number of aromatic carboxylic acids is 2. The zero-order valence-corrected chi connectivity index (χ0v) is 15.8. The van der Waals surface area contributed by atoms with E-state index in [2.05, 4.69) is 0 Å². The van der Waals surface area contributed by atoms with E-state index in [0.717, 1.165) is 7.11 Å². The van der Waals surface area contributed by atoms with Crippen LogP contribution in [-0.4, -0.2) is 40.7 Å². The van der Waals surface area contributed by atoms with Gasteiger partial charge in [-0.25, -0.2) is 9.59 Å². The third-order valence-electron chi connectivity index (χ3n) is 1.90. The summed E-state index contributed by atoms with van der Waals surface area (Å²) in [4.78, 5) is 33.1. The Hall–Kier alpha value is -0.0200. The molecule has 1 aromatic rings. The molecule has 0 aliphatic carbocycles. The van der Waals surface area contributed by atoms with Gasteiger partial charge in [0.1, 0.15) is 0 Å². The smallest absolute Gasteiger partial charge is 0.337 e. The summed E-state index contributed by atoms with van der Waals surface area (Å²) in [6.07, 6.45) is 0.471. The Morgan fingerprint density at radius 2 is 1.21 bits per heavy atom. The number of hydrogen-bond donors (Lipinski definition) is 3. The molecule has 0 heterocycles. The largest absolute Gasteiger partial charge is 0.478 e. The predicted octanol–water partition coefficient (Wildman–Crippen LogP) is 2.32. The number of carboxylic acid groups (broad SMARTS) is 2. The van der Waals surface area contributed by atoms with Crippen molar-refractivity contribution in [3.05, 3.63) is 27.4 Å². The van der Waals surface area contributed by atoms with Crippen molar-refractivity contribution >= 4 is 86.0 Å². The van der Waals surface area contributed by atoms with Crippen molar-refractivity contribution in [2.75, 3.05) is 7.11 Å². The fourth-order valence-corrected chi connectivity index (χ4v) is 5.51. The number of aldehydes is 1. The van der Waals surface area contributed by atoms with Gasteiger partial charge in [-0.15, -0.1) is 0 Å². The average Bonchev–Trinajstić information content (AvgIpc) is 2.30. The lowest BCUT2D eigenvalue weighted by Crippen LogP contribution is -2.15. The molecule has 0 saturated carbocycles. The second-order valence-corrected chi connectivity index (χ2v) is 6.07. The minimum atomic E-state index is -1.25. The normalized spacial score (nSPS) is 9.32. The molecule has 0 spiro atoms. The zero-order valence-electron chi connectivity index (χ0n) is 9.28. The first-order valence-electron chi connectivity index (χ1n) is 4.39. The van der Waals surface area contributed by atoms with Gasteiger partial charge in [0.05, 0.1) is 11.1 Å². The predicted molar refractivity (Wildman–Crippen MR) is 92.0 cm³/mol. The van der Waals surface area contributed by atoms with Crippen LogP contribution in [0.5, 0.6) is 0 Å². The minimum Gasteiger partial charge on any atom is -0.478 e. The van der Waals surface area contributed by atoms with Crippen LogP contribution in [0.25, 0.3) is 0 Å². The van der Waals surface area contributed by atoms with Gasteiger partial charge >= 0.3 is 11.9 Å². The number of carbonyl (C=O) groups is 3. The van der Waals surface area contributed by atoms with Crippen LogP contribution in [0.4, 0.5) is 0 Å². The van der Waals surface area contributed by atoms with Crippen LogP contribution in [0.2, 0.25) is 0 Å². The molecule has 0 bridgehead atoms. The van der Waals surface area contributed by atoms with Gasteiger partial charge in [0.25, 0.3) is 0 Å². The second kappa shape index (κ2) is 8.31. The Kier molecular flexibility index (Phi) is 8.30. The summed E-state index contributed by atoms with van der Waals surface area (Å²) in [7, 11) is 1.00. The molecule has 3 N–H and O–H groups in total. The van der Waals surface area contributed by atoms with Gasteiger partial charge in [-0.3, -0.25) is 4.79 Å². The number of hydrogen-bond acceptors (Lipinski definition) is 4. The highest BCUT2D eigenvalue weighted by Gasteiger charge is 2.26.